The lowest BCUT2D eigenvalue weighted by Crippen LogP contribution is -2.17. The molecule has 1 N–H and O–H groups in total. The Bertz CT molecular complexity index is 171. The molecule has 0 bridgehead atoms. The van der Waals surface area contributed by atoms with Gasteiger partial charge in [0.1, 0.15) is 0 Å². The Morgan fingerprint density at radius 1 is 1.36 bits per heavy atom. The Morgan fingerprint density at radius 3 is 2.36 bits per heavy atom. The van der Waals surface area contributed by atoms with Gasteiger partial charge in [-0.1, -0.05) is 26.8 Å². The quantitative estimate of drug-likeness (QED) is 0.435. The van der Waals surface area contributed by atoms with Crippen LogP contribution in [0.5, 0.6) is 0 Å². The fourth-order valence-electron chi connectivity index (χ4n) is 1.05. The van der Waals surface area contributed by atoms with Crippen LogP contribution in [-0.2, 0) is 4.43 Å². The third kappa shape index (κ3) is 9.96. The van der Waals surface area contributed by atoms with Crippen molar-refractivity contribution in [1.82, 2.24) is 0 Å². The van der Waals surface area contributed by atoms with Crippen molar-refractivity contribution in [3.05, 3.63) is 12.2 Å². The fourth-order valence-corrected chi connectivity index (χ4v) is 1.70. The summed E-state index contributed by atoms with van der Waals surface area (Å²) >= 11 is 0. The van der Waals surface area contributed by atoms with Crippen molar-refractivity contribution in [2.45, 2.75) is 53.0 Å². The molecule has 14 heavy (non-hydrogen) atoms. The highest BCUT2D eigenvalue weighted by Gasteiger charge is 2.08. The second kappa shape index (κ2) is 6.38. The van der Waals surface area contributed by atoms with E-state index in [-0.39, 0.29) is 0 Å². The van der Waals surface area contributed by atoms with E-state index in [0.29, 0.717) is 5.41 Å². The Hall–Kier alpha value is -0.123. The molecule has 0 rings (SSSR count). The lowest BCUT2D eigenvalue weighted by atomic mass is 9.90. The van der Waals surface area contributed by atoms with Gasteiger partial charge in [-0.15, -0.1) is 0 Å². The van der Waals surface area contributed by atoms with Crippen LogP contribution < -0.4 is 0 Å². The molecule has 0 aromatic heterocycles. The van der Waals surface area contributed by atoms with E-state index in [1.807, 2.05) is 19.2 Å². The van der Waals surface area contributed by atoms with E-state index < -0.39 is 15.3 Å². The molecular formula is C11H24O2Si. The average Bonchev–Trinajstić information content (AvgIpc) is 1.95. The van der Waals surface area contributed by atoms with Gasteiger partial charge in [0.05, 0.1) is 0 Å². The van der Waals surface area contributed by atoms with E-state index in [1.165, 1.54) is 0 Å². The predicted molar refractivity (Wildman–Crippen MR) is 63.8 cm³/mol. The summed E-state index contributed by atoms with van der Waals surface area (Å²) in [5.74, 6) is 0. The molecule has 0 fully saturated rings. The van der Waals surface area contributed by atoms with Crippen LogP contribution >= 0.6 is 0 Å². The average molecular weight is 216 g/mol. The summed E-state index contributed by atoms with van der Waals surface area (Å²) in [4.78, 5) is 0. The largest absolute Gasteiger partial charge is 0.393 e. The molecule has 0 aromatic carbocycles. The van der Waals surface area contributed by atoms with Crippen LogP contribution in [-0.4, -0.2) is 20.4 Å². The van der Waals surface area contributed by atoms with Crippen molar-refractivity contribution in [1.29, 1.82) is 0 Å². The molecule has 84 valence electrons. The smallest absolute Gasteiger partial charge is 0.174 e. The molecule has 2 nitrogen and oxygen atoms in total. The minimum atomic E-state index is -1.11. The van der Waals surface area contributed by atoms with Gasteiger partial charge in [0.25, 0.3) is 0 Å². The highest BCUT2D eigenvalue weighted by Crippen LogP contribution is 2.20. The second-order valence-electron chi connectivity index (χ2n) is 5.10. The second-order valence-corrected chi connectivity index (χ2v) is 7.47. The van der Waals surface area contributed by atoms with Crippen LogP contribution in [0.15, 0.2) is 12.2 Å². The van der Waals surface area contributed by atoms with E-state index in [2.05, 4.69) is 20.8 Å². The van der Waals surface area contributed by atoms with Gasteiger partial charge in [0, 0.05) is 0 Å². The van der Waals surface area contributed by atoms with Gasteiger partial charge in [-0.25, -0.2) is 0 Å². The highest BCUT2D eigenvalue weighted by molar-refractivity contribution is 6.48. The first kappa shape index (κ1) is 13.9. The molecule has 0 radical (unpaired) electrons. The number of hydrogen-bond donors (Lipinski definition) is 1. The summed E-state index contributed by atoms with van der Waals surface area (Å²) in [7, 11) is -1.11. The monoisotopic (exact) mass is 216 g/mol. The Balaban J connectivity index is 3.62. The maximum atomic E-state index is 9.37. The SMILES string of the molecule is C[SiH](C)OC(O)C=CCCC(C)(C)C. The van der Waals surface area contributed by atoms with Crippen LogP contribution in [0, 0.1) is 5.41 Å². The molecule has 0 heterocycles. The predicted octanol–water partition coefficient (Wildman–Crippen LogP) is 2.69. The molecule has 0 spiro atoms. The zero-order chi connectivity index (χ0) is 11.2. The summed E-state index contributed by atoms with van der Waals surface area (Å²) in [5, 5.41) is 9.37. The first-order valence-corrected chi connectivity index (χ1v) is 8.09. The summed E-state index contributed by atoms with van der Waals surface area (Å²) in [6.45, 7) is 10.7. The lowest BCUT2D eigenvalue weighted by molar-refractivity contribution is 0.0234. The van der Waals surface area contributed by atoms with Gasteiger partial charge in [0.2, 0.25) is 0 Å². The van der Waals surface area contributed by atoms with Crippen molar-refractivity contribution in [3.8, 4) is 0 Å². The summed E-state index contributed by atoms with van der Waals surface area (Å²) in [6.07, 6.45) is 5.20. The molecule has 0 saturated carbocycles. The lowest BCUT2D eigenvalue weighted by Gasteiger charge is -2.16. The molecular weight excluding hydrogens is 192 g/mol. The third-order valence-corrected chi connectivity index (χ3v) is 2.60. The molecule has 0 aromatic rings. The topological polar surface area (TPSA) is 29.5 Å². The zero-order valence-electron chi connectivity index (χ0n) is 10.1. The molecule has 0 aliphatic rings. The van der Waals surface area contributed by atoms with Gasteiger partial charge in [-0.3, -0.25) is 0 Å². The van der Waals surface area contributed by atoms with Gasteiger partial charge in [0.15, 0.2) is 15.3 Å². The molecule has 0 saturated heterocycles. The van der Waals surface area contributed by atoms with Crippen LogP contribution in [0.3, 0.4) is 0 Å². The number of allylic oxidation sites excluding steroid dienone is 1. The van der Waals surface area contributed by atoms with Crippen LogP contribution in [0.25, 0.3) is 0 Å². The first-order valence-electron chi connectivity index (χ1n) is 5.31. The van der Waals surface area contributed by atoms with Crippen molar-refractivity contribution >= 4 is 9.04 Å². The van der Waals surface area contributed by atoms with E-state index in [1.54, 1.807) is 6.08 Å². The molecule has 1 atom stereocenters. The van der Waals surface area contributed by atoms with Gasteiger partial charge in [-0.2, -0.15) is 0 Å². The fraction of sp³-hybridized carbons (Fsp3) is 0.818. The minimum absolute atomic E-state index is 0.364. The Kier molecular flexibility index (Phi) is 6.32. The van der Waals surface area contributed by atoms with E-state index in [4.69, 9.17) is 4.43 Å². The van der Waals surface area contributed by atoms with Crippen LogP contribution in [0.2, 0.25) is 13.1 Å². The van der Waals surface area contributed by atoms with Crippen LogP contribution in [0.4, 0.5) is 0 Å². The van der Waals surface area contributed by atoms with Gasteiger partial charge < -0.3 is 9.53 Å². The maximum absolute atomic E-state index is 9.37. The van der Waals surface area contributed by atoms with Crippen molar-refractivity contribution in [2.75, 3.05) is 0 Å². The van der Waals surface area contributed by atoms with Crippen LogP contribution in [0.1, 0.15) is 33.6 Å². The van der Waals surface area contributed by atoms with E-state index in [9.17, 15) is 5.11 Å². The summed E-state index contributed by atoms with van der Waals surface area (Å²) < 4.78 is 5.29. The van der Waals surface area contributed by atoms with Gasteiger partial charge >= 0.3 is 0 Å². The van der Waals surface area contributed by atoms with E-state index >= 15 is 0 Å². The number of rotatable bonds is 5. The zero-order valence-corrected chi connectivity index (χ0v) is 11.2. The number of aliphatic hydroxyl groups is 1. The van der Waals surface area contributed by atoms with Crippen molar-refractivity contribution in [3.63, 3.8) is 0 Å². The summed E-state index contributed by atoms with van der Waals surface area (Å²) in [6, 6.07) is 0. The normalized spacial score (nSPS) is 15.4. The van der Waals surface area contributed by atoms with Crippen molar-refractivity contribution in [2.24, 2.45) is 5.41 Å². The van der Waals surface area contributed by atoms with E-state index in [0.717, 1.165) is 12.8 Å². The molecule has 0 amide bonds. The number of aliphatic hydroxyl groups excluding tert-OH is 1. The number of hydrogen-bond acceptors (Lipinski definition) is 2. The maximum Gasteiger partial charge on any atom is 0.174 e. The molecule has 0 aliphatic carbocycles. The minimum Gasteiger partial charge on any atom is -0.393 e. The molecule has 0 aliphatic heterocycles. The van der Waals surface area contributed by atoms with Crippen molar-refractivity contribution < 1.29 is 9.53 Å². The Morgan fingerprint density at radius 2 is 1.93 bits per heavy atom. The first-order chi connectivity index (χ1) is 6.31. The third-order valence-electron chi connectivity index (χ3n) is 1.77. The Labute approximate surface area is 89.7 Å². The molecule has 1 unspecified atom stereocenters. The standard InChI is InChI=1S/C11H24O2Si/c1-11(2,3)9-7-6-8-10(12)13-14(4)5/h6,8,10,12,14H,7,9H2,1-5H3. The highest BCUT2D eigenvalue weighted by atomic mass is 28.3. The summed E-state index contributed by atoms with van der Waals surface area (Å²) in [5.41, 5.74) is 0.364. The molecule has 3 heteroatoms. The van der Waals surface area contributed by atoms with Gasteiger partial charge in [-0.05, 0) is 37.4 Å².